The second kappa shape index (κ2) is 9.58. The van der Waals surface area contributed by atoms with E-state index < -0.39 is 27.7 Å². The minimum Gasteiger partial charge on any atom is -0.495 e. The molecule has 166 valence electrons. The Morgan fingerprint density at radius 3 is 2.71 bits per heavy atom. The van der Waals surface area contributed by atoms with Crippen molar-refractivity contribution in [1.29, 1.82) is 0 Å². The number of nitrogens with one attached hydrogen (secondary N) is 2. The molecule has 0 bridgehead atoms. The van der Waals surface area contributed by atoms with Gasteiger partial charge in [-0.3, -0.25) is 9.36 Å². The highest BCUT2D eigenvalue weighted by molar-refractivity contribution is 7.98. The summed E-state index contributed by atoms with van der Waals surface area (Å²) in [5, 5.41) is 2.72. The van der Waals surface area contributed by atoms with E-state index in [9.17, 15) is 18.0 Å². The summed E-state index contributed by atoms with van der Waals surface area (Å²) in [5.74, 6) is -0.0630. The van der Waals surface area contributed by atoms with Gasteiger partial charge in [0.1, 0.15) is 11.8 Å². The Morgan fingerprint density at radius 1 is 1.26 bits per heavy atom. The van der Waals surface area contributed by atoms with Crippen molar-refractivity contribution in [3.63, 3.8) is 0 Å². The molecule has 2 N–H and O–H groups in total. The van der Waals surface area contributed by atoms with Crippen LogP contribution in [0.15, 0.2) is 56.6 Å². The molecule has 0 aliphatic heterocycles. The molecule has 11 heteroatoms. The number of rotatable bonds is 9. The summed E-state index contributed by atoms with van der Waals surface area (Å²) in [6.45, 7) is 0. The first-order valence-electron chi connectivity index (χ1n) is 9.31. The van der Waals surface area contributed by atoms with Crippen LogP contribution in [0.1, 0.15) is 6.42 Å². The zero-order valence-electron chi connectivity index (χ0n) is 17.2. The first-order chi connectivity index (χ1) is 14.8. The highest BCUT2D eigenvalue weighted by Crippen LogP contribution is 2.24. The lowest BCUT2D eigenvalue weighted by atomic mass is 10.2. The number of anilines is 1. The molecular weight excluding hydrogens is 442 g/mol. The Labute approximate surface area is 183 Å². The van der Waals surface area contributed by atoms with Crippen LogP contribution in [0.25, 0.3) is 11.1 Å². The topological polar surface area (TPSA) is 120 Å². The Kier molecular flexibility index (Phi) is 7.08. The monoisotopic (exact) mass is 465 g/mol. The van der Waals surface area contributed by atoms with E-state index in [1.165, 1.54) is 48.7 Å². The van der Waals surface area contributed by atoms with E-state index in [2.05, 4.69) is 10.0 Å². The molecule has 0 radical (unpaired) electrons. The molecule has 1 heterocycles. The molecule has 0 saturated heterocycles. The van der Waals surface area contributed by atoms with E-state index in [1.807, 2.05) is 6.26 Å². The van der Waals surface area contributed by atoms with Crippen molar-refractivity contribution < 1.29 is 22.4 Å². The van der Waals surface area contributed by atoms with Crippen LogP contribution >= 0.6 is 11.8 Å². The number of hydrogen-bond donors (Lipinski definition) is 2. The normalized spacial score (nSPS) is 12.6. The number of methoxy groups -OCH3 is 1. The average Bonchev–Trinajstić information content (AvgIpc) is 3.04. The lowest BCUT2D eigenvalue weighted by Gasteiger charge is -2.19. The molecule has 1 unspecified atom stereocenters. The van der Waals surface area contributed by atoms with E-state index in [1.54, 1.807) is 24.3 Å². The summed E-state index contributed by atoms with van der Waals surface area (Å²) in [7, 11) is -1.05. The van der Waals surface area contributed by atoms with Gasteiger partial charge in [-0.1, -0.05) is 12.1 Å². The average molecular weight is 466 g/mol. The summed E-state index contributed by atoms with van der Waals surface area (Å²) < 4.78 is 40.0. The number of carbonyl (C=O) groups excluding carboxylic acids is 1. The minimum atomic E-state index is -4.06. The molecule has 9 nitrogen and oxygen atoms in total. The number of nitrogens with zero attached hydrogens (tertiary/aromatic N) is 1. The van der Waals surface area contributed by atoms with Gasteiger partial charge >= 0.3 is 5.76 Å². The van der Waals surface area contributed by atoms with E-state index in [-0.39, 0.29) is 16.9 Å². The van der Waals surface area contributed by atoms with Crippen LogP contribution in [0.5, 0.6) is 5.75 Å². The van der Waals surface area contributed by atoms with Crippen LogP contribution < -0.4 is 20.5 Å². The summed E-state index contributed by atoms with van der Waals surface area (Å²) in [6.07, 6.45) is 2.15. The van der Waals surface area contributed by atoms with Crippen molar-refractivity contribution in [2.24, 2.45) is 7.05 Å². The molecule has 1 aromatic heterocycles. The van der Waals surface area contributed by atoms with Crippen LogP contribution in [0.4, 0.5) is 5.69 Å². The molecule has 3 aromatic rings. The maximum Gasteiger partial charge on any atom is 0.419 e. The Hall–Kier alpha value is -2.76. The first-order valence-corrected chi connectivity index (χ1v) is 12.2. The summed E-state index contributed by atoms with van der Waals surface area (Å²) in [4.78, 5) is 24.5. The fraction of sp³-hybridized carbons (Fsp3) is 0.300. The molecule has 0 aliphatic carbocycles. The number of fused-ring (bicyclic) bond motifs is 1. The number of aromatic nitrogens is 1. The standard InChI is InChI=1S/C20H23N3O6S2/c1-23-16-9-8-13(12-18(16)29-20(23)25)31(26,27)22-15(10-11-30-3)19(24)21-14-6-4-5-7-17(14)28-2/h4-9,12,15,22H,10-11H2,1-3H3,(H,21,24). The lowest BCUT2D eigenvalue weighted by Crippen LogP contribution is -2.44. The second-order valence-electron chi connectivity index (χ2n) is 6.70. The van der Waals surface area contributed by atoms with Crippen molar-refractivity contribution >= 4 is 44.5 Å². The van der Waals surface area contributed by atoms with Crippen LogP contribution in [-0.4, -0.2) is 44.1 Å². The third-order valence-electron chi connectivity index (χ3n) is 4.66. The molecular formula is C20H23N3O6S2. The molecule has 1 amide bonds. The second-order valence-corrected chi connectivity index (χ2v) is 9.40. The van der Waals surface area contributed by atoms with E-state index in [0.29, 0.717) is 22.7 Å². The molecule has 31 heavy (non-hydrogen) atoms. The van der Waals surface area contributed by atoms with Gasteiger partial charge in [-0.25, -0.2) is 13.2 Å². The van der Waals surface area contributed by atoms with Crippen molar-refractivity contribution in [2.45, 2.75) is 17.4 Å². The zero-order chi connectivity index (χ0) is 22.6. The molecule has 0 fully saturated rings. The lowest BCUT2D eigenvalue weighted by molar-refractivity contribution is -0.117. The van der Waals surface area contributed by atoms with E-state index in [0.717, 1.165) is 0 Å². The number of amides is 1. The largest absolute Gasteiger partial charge is 0.495 e. The van der Waals surface area contributed by atoms with E-state index in [4.69, 9.17) is 9.15 Å². The van der Waals surface area contributed by atoms with Gasteiger partial charge in [0.2, 0.25) is 15.9 Å². The quantitative estimate of drug-likeness (QED) is 0.497. The van der Waals surface area contributed by atoms with Gasteiger partial charge in [0, 0.05) is 13.1 Å². The minimum absolute atomic E-state index is 0.103. The maximum absolute atomic E-state index is 13.0. The number of ether oxygens (including phenoxy) is 1. The first kappa shape index (κ1) is 22.9. The fourth-order valence-electron chi connectivity index (χ4n) is 2.98. The number of hydrogen-bond acceptors (Lipinski definition) is 7. The van der Waals surface area contributed by atoms with Gasteiger partial charge in [-0.2, -0.15) is 16.5 Å². The van der Waals surface area contributed by atoms with Gasteiger partial charge in [-0.05, 0) is 42.7 Å². The highest BCUT2D eigenvalue weighted by atomic mass is 32.2. The molecule has 0 saturated carbocycles. The van der Waals surface area contributed by atoms with Crippen molar-refractivity contribution in [1.82, 2.24) is 9.29 Å². The van der Waals surface area contributed by atoms with Crippen LogP contribution in [0.2, 0.25) is 0 Å². The van der Waals surface area contributed by atoms with Gasteiger partial charge < -0.3 is 14.5 Å². The molecule has 0 aliphatic rings. The van der Waals surface area contributed by atoms with Crippen molar-refractivity contribution in [3.05, 3.63) is 53.0 Å². The maximum atomic E-state index is 13.0. The third-order valence-corrected chi connectivity index (χ3v) is 6.78. The number of para-hydroxylation sites is 2. The number of aryl methyl sites for hydroxylation is 1. The fourth-order valence-corrected chi connectivity index (χ4v) is 4.70. The molecule has 1 atom stereocenters. The number of sulfonamides is 1. The molecule has 2 aromatic carbocycles. The Bertz CT molecular complexity index is 1250. The third kappa shape index (κ3) is 5.12. The number of carbonyl (C=O) groups is 1. The summed E-state index contributed by atoms with van der Waals surface area (Å²) in [6, 6.07) is 9.97. The SMILES string of the molecule is COc1ccccc1NC(=O)C(CCSC)NS(=O)(=O)c1ccc2c(c1)oc(=O)n2C. The zero-order valence-corrected chi connectivity index (χ0v) is 18.9. The van der Waals surface area contributed by atoms with Crippen molar-refractivity contribution in [2.75, 3.05) is 24.4 Å². The van der Waals surface area contributed by atoms with Gasteiger partial charge in [0.25, 0.3) is 0 Å². The summed E-state index contributed by atoms with van der Waals surface area (Å²) in [5.41, 5.74) is 1.06. The van der Waals surface area contributed by atoms with E-state index >= 15 is 0 Å². The predicted molar refractivity (Wildman–Crippen MR) is 120 cm³/mol. The van der Waals surface area contributed by atoms with Gasteiger partial charge in [0.05, 0.1) is 23.2 Å². The molecule has 3 rings (SSSR count). The molecule has 0 spiro atoms. The highest BCUT2D eigenvalue weighted by Gasteiger charge is 2.27. The number of benzene rings is 2. The van der Waals surface area contributed by atoms with Gasteiger partial charge in [0.15, 0.2) is 5.58 Å². The van der Waals surface area contributed by atoms with Crippen LogP contribution in [0.3, 0.4) is 0 Å². The van der Waals surface area contributed by atoms with Gasteiger partial charge in [-0.15, -0.1) is 0 Å². The Balaban J connectivity index is 1.86. The smallest absolute Gasteiger partial charge is 0.419 e. The van der Waals surface area contributed by atoms with Crippen molar-refractivity contribution in [3.8, 4) is 5.75 Å². The summed E-state index contributed by atoms with van der Waals surface area (Å²) >= 11 is 1.50. The Morgan fingerprint density at radius 2 is 2.00 bits per heavy atom. The number of oxazole rings is 1. The predicted octanol–water partition coefficient (Wildman–Crippen LogP) is 2.18. The van der Waals surface area contributed by atoms with Crippen LogP contribution in [0, 0.1) is 0 Å². The van der Waals surface area contributed by atoms with Crippen LogP contribution in [-0.2, 0) is 21.9 Å². The number of thioether (sulfide) groups is 1.